The van der Waals surface area contributed by atoms with E-state index >= 15 is 0 Å². The van der Waals surface area contributed by atoms with Gasteiger partial charge in [0.2, 0.25) is 0 Å². The maximum atomic E-state index is 12.9. The highest BCUT2D eigenvalue weighted by atomic mass is 28.3. The third kappa shape index (κ3) is 4.22. The lowest BCUT2D eigenvalue weighted by Gasteiger charge is -2.18. The van der Waals surface area contributed by atoms with Gasteiger partial charge in [-0.3, -0.25) is 0 Å². The Bertz CT molecular complexity index is 553. The number of hydrogen-bond acceptors (Lipinski definition) is 3. The molecule has 0 spiro atoms. The molecule has 0 amide bonds. The molecule has 2 aromatic rings. The molecule has 1 atom stereocenters. The molecule has 0 N–H and O–H groups in total. The Morgan fingerprint density at radius 3 is 1.81 bits per heavy atom. The van der Waals surface area contributed by atoms with Gasteiger partial charge in [0.1, 0.15) is 5.82 Å². The van der Waals surface area contributed by atoms with Crippen LogP contribution in [-0.4, -0.2) is 23.7 Å². The molecule has 2 rings (SSSR count). The van der Waals surface area contributed by atoms with Crippen molar-refractivity contribution in [3.05, 3.63) is 59.9 Å². The molecule has 112 valence electrons. The molecular formula is C16H19FO3Si. The zero-order valence-electron chi connectivity index (χ0n) is 12.4. The van der Waals surface area contributed by atoms with Crippen LogP contribution < -0.4 is 0 Å². The molecule has 0 aliphatic carbocycles. The molecule has 0 saturated carbocycles. The van der Waals surface area contributed by atoms with Crippen LogP contribution in [0, 0.1) is 5.82 Å². The van der Waals surface area contributed by atoms with E-state index < -0.39 is 9.53 Å². The van der Waals surface area contributed by atoms with Gasteiger partial charge in [-0.25, -0.2) is 4.39 Å². The van der Waals surface area contributed by atoms with Gasteiger partial charge < -0.3 is 13.3 Å². The van der Waals surface area contributed by atoms with E-state index in [1.54, 1.807) is 26.4 Å². The average Bonchev–Trinajstić information content (AvgIpc) is 2.53. The largest absolute Gasteiger partial charge is 0.484 e. The fourth-order valence-electron chi connectivity index (χ4n) is 2.04. The quantitative estimate of drug-likeness (QED) is 0.764. The second-order valence-corrected chi connectivity index (χ2v) is 6.46. The molecule has 0 aliphatic heterocycles. The fourth-order valence-corrected chi connectivity index (χ4v) is 2.95. The lowest BCUT2D eigenvalue weighted by Crippen LogP contribution is -2.25. The molecule has 5 heteroatoms. The molecule has 0 saturated heterocycles. The van der Waals surface area contributed by atoms with Gasteiger partial charge in [-0.1, -0.05) is 36.4 Å². The summed E-state index contributed by atoms with van der Waals surface area (Å²) in [5, 5.41) is 0. The minimum atomic E-state index is -2.04. The number of halogens is 1. The molecule has 0 radical (unpaired) electrons. The minimum Gasteiger partial charge on any atom is -0.379 e. The van der Waals surface area contributed by atoms with E-state index in [2.05, 4.69) is 0 Å². The van der Waals surface area contributed by atoms with Crippen LogP contribution in [0.5, 0.6) is 0 Å². The molecule has 0 heterocycles. The first-order valence-corrected chi connectivity index (χ1v) is 8.12. The smallest absolute Gasteiger partial charge is 0.379 e. The number of rotatable bonds is 6. The molecule has 0 aliphatic rings. The number of hydrogen-bond donors (Lipinski definition) is 0. The van der Waals surface area contributed by atoms with Crippen molar-refractivity contribution in [2.24, 2.45) is 0 Å². The third-order valence-corrected chi connectivity index (χ3v) is 4.66. The summed E-state index contributed by atoms with van der Waals surface area (Å²) >= 11 is 0. The summed E-state index contributed by atoms with van der Waals surface area (Å²) in [4.78, 5) is 0. The maximum absolute atomic E-state index is 12.9. The predicted molar refractivity (Wildman–Crippen MR) is 82.5 cm³/mol. The van der Waals surface area contributed by atoms with Crippen LogP contribution >= 0.6 is 0 Å². The zero-order valence-corrected chi connectivity index (χ0v) is 13.5. The topological polar surface area (TPSA) is 27.7 Å². The second-order valence-electron chi connectivity index (χ2n) is 4.67. The first kappa shape index (κ1) is 15.8. The molecule has 0 aromatic heterocycles. The molecule has 3 nitrogen and oxygen atoms in total. The van der Waals surface area contributed by atoms with Crippen molar-refractivity contribution in [1.29, 1.82) is 0 Å². The van der Waals surface area contributed by atoms with Crippen molar-refractivity contribution in [2.45, 2.75) is 13.0 Å². The lowest BCUT2D eigenvalue weighted by molar-refractivity contribution is 0.0951. The van der Waals surface area contributed by atoms with E-state index in [1.165, 1.54) is 12.1 Å². The average molecular weight is 306 g/mol. The number of benzene rings is 2. The summed E-state index contributed by atoms with van der Waals surface area (Å²) in [6.07, 6.45) is -0.0937. The molecule has 21 heavy (non-hydrogen) atoms. The lowest BCUT2D eigenvalue weighted by atomic mass is 10.0. The summed E-state index contributed by atoms with van der Waals surface area (Å²) in [5.74, 6) is -0.229. The Hall–Kier alpha value is -1.53. The van der Waals surface area contributed by atoms with Crippen LogP contribution in [0.2, 0.25) is 0 Å². The fraction of sp³-hybridized carbons (Fsp3) is 0.250. The molecular weight excluding hydrogens is 287 g/mol. The summed E-state index contributed by atoms with van der Waals surface area (Å²) in [6, 6.07) is 14.5. The van der Waals surface area contributed by atoms with E-state index in [0.29, 0.717) is 0 Å². The van der Waals surface area contributed by atoms with Gasteiger partial charge in [0, 0.05) is 14.2 Å². The van der Waals surface area contributed by atoms with Crippen LogP contribution in [-0.2, 0) is 13.3 Å². The van der Waals surface area contributed by atoms with Crippen molar-refractivity contribution in [3.8, 4) is 11.1 Å². The van der Waals surface area contributed by atoms with Crippen molar-refractivity contribution in [3.63, 3.8) is 0 Å². The molecule has 2 aromatic carbocycles. The van der Waals surface area contributed by atoms with Gasteiger partial charge in [-0.2, -0.15) is 0 Å². The highest BCUT2D eigenvalue weighted by Gasteiger charge is 2.16. The van der Waals surface area contributed by atoms with Crippen LogP contribution in [0.4, 0.5) is 4.39 Å². The van der Waals surface area contributed by atoms with Gasteiger partial charge in [0.15, 0.2) is 0 Å². The Morgan fingerprint density at radius 1 is 0.857 bits per heavy atom. The highest BCUT2D eigenvalue weighted by Crippen LogP contribution is 2.24. The monoisotopic (exact) mass is 306 g/mol. The van der Waals surface area contributed by atoms with Crippen LogP contribution in [0.25, 0.3) is 11.1 Å². The predicted octanol–water partition coefficient (Wildman–Crippen LogP) is 3.58. The zero-order chi connectivity index (χ0) is 15.2. The Labute approximate surface area is 126 Å². The standard InChI is InChI=1S/C16H19FO3Si/c1-12(20-21(18-2)19-3)13-4-6-14(7-5-13)15-8-10-16(17)11-9-15/h4-12,21H,1-3H3. The van der Waals surface area contributed by atoms with Crippen LogP contribution in [0.3, 0.4) is 0 Å². The minimum absolute atomic E-state index is 0.0937. The van der Waals surface area contributed by atoms with E-state index in [9.17, 15) is 4.39 Å². The summed E-state index contributed by atoms with van der Waals surface area (Å²) in [5.41, 5.74) is 3.07. The SMILES string of the molecule is CO[SiH](OC)OC(C)c1ccc(-c2ccc(F)cc2)cc1. The normalized spacial score (nSPS) is 12.6. The van der Waals surface area contributed by atoms with Gasteiger partial charge >= 0.3 is 9.53 Å². The van der Waals surface area contributed by atoms with Crippen LogP contribution in [0.15, 0.2) is 48.5 Å². The first-order chi connectivity index (χ1) is 10.1. The molecule has 0 bridgehead atoms. The van der Waals surface area contributed by atoms with Crippen molar-refractivity contribution in [1.82, 2.24) is 0 Å². The molecule has 1 unspecified atom stereocenters. The Morgan fingerprint density at radius 2 is 1.33 bits per heavy atom. The third-order valence-electron chi connectivity index (χ3n) is 3.26. The highest BCUT2D eigenvalue weighted by molar-refractivity contribution is 6.36. The van der Waals surface area contributed by atoms with Crippen molar-refractivity contribution < 1.29 is 17.7 Å². The van der Waals surface area contributed by atoms with Gasteiger partial charge in [-0.05, 0) is 35.7 Å². The first-order valence-electron chi connectivity index (χ1n) is 6.71. The van der Waals surface area contributed by atoms with E-state index in [0.717, 1.165) is 16.7 Å². The van der Waals surface area contributed by atoms with Crippen molar-refractivity contribution in [2.75, 3.05) is 14.2 Å². The van der Waals surface area contributed by atoms with Gasteiger partial charge in [-0.15, -0.1) is 0 Å². The second kappa shape index (κ2) is 7.47. The molecule has 0 fully saturated rings. The van der Waals surface area contributed by atoms with Crippen molar-refractivity contribution >= 4 is 9.53 Å². The van der Waals surface area contributed by atoms with Gasteiger partial charge in [0.05, 0.1) is 6.10 Å². The van der Waals surface area contributed by atoms with E-state index in [-0.39, 0.29) is 11.9 Å². The Balaban J connectivity index is 2.09. The van der Waals surface area contributed by atoms with E-state index in [4.69, 9.17) is 13.3 Å². The van der Waals surface area contributed by atoms with Gasteiger partial charge in [0.25, 0.3) is 0 Å². The van der Waals surface area contributed by atoms with E-state index in [1.807, 2.05) is 31.2 Å². The summed E-state index contributed by atoms with van der Waals surface area (Å²) in [7, 11) is 1.14. The van der Waals surface area contributed by atoms with Crippen LogP contribution in [0.1, 0.15) is 18.6 Å². The summed E-state index contributed by atoms with van der Waals surface area (Å²) < 4.78 is 29.0. The Kier molecular flexibility index (Phi) is 5.64. The summed E-state index contributed by atoms with van der Waals surface area (Å²) in [6.45, 7) is 1.96. The maximum Gasteiger partial charge on any atom is 0.484 e.